The predicted molar refractivity (Wildman–Crippen MR) is 89.3 cm³/mol. The fraction of sp³-hybridized carbons (Fsp3) is 0.429. The molecule has 2 aromatic rings. The van der Waals surface area contributed by atoms with E-state index in [2.05, 4.69) is 15.3 Å². The number of carbonyl (C=O) groups excluding carboxylic acids is 1. The molecule has 1 heterocycles. The number of aryl methyl sites for hydroxylation is 1. The van der Waals surface area contributed by atoms with Gasteiger partial charge in [-0.2, -0.15) is 0 Å². The van der Waals surface area contributed by atoms with E-state index >= 15 is 0 Å². The van der Waals surface area contributed by atoms with Gasteiger partial charge in [0.25, 0.3) is 0 Å². The first-order chi connectivity index (χ1) is 9.13. The van der Waals surface area contributed by atoms with Gasteiger partial charge in [0, 0.05) is 11.7 Å². The monoisotopic (exact) mass is 330 g/mol. The molecule has 2 atom stereocenters. The number of nitrogens with two attached hydrogens (primary N) is 1. The predicted octanol–water partition coefficient (Wildman–Crippen LogP) is 2.78. The van der Waals surface area contributed by atoms with Crippen LogP contribution in [0.2, 0.25) is 0 Å². The lowest BCUT2D eigenvalue weighted by atomic mass is 10.0. The van der Waals surface area contributed by atoms with E-state index < -0.39 is 0 Å². The van der Waals surface area contributed by atoms with Crippen LogP contribution in [0.25, 0.3) is 11.0 Å². The maximum absolute atomic E-state index is 12.1. The first-order valence-electron chi connectivity index (χ1n) is 6.66. The molecule has 5 nitrogen and oxygen atoms in total. The van der Waals surface area contributed by atoms with E-state index in [-0.39, 0.29) is 42.7 Å². The summed E-state index contributed by atoms with van der Waals surface area (Å²) >= 11 is 0. The van der Waals surface area contributed by atoms with E-state index in [4.69, 9.17) is 5.73 Å². The number of halogens is 2. The summed E-state index contributed by atoms with van der Waals surface area (Å²) < 4.78 is 0. The van der Waals surface area contributed by atoms with Gasteiger partial charge in [-0.1, -0.05) is 6.42 Å². The third kappa shape index (κ3) is 3.67. The Labute approximate surface area is 135 Å². The number of aromatic nitrogens is 2. The Morgan fingerprint density at radius 1 is 1.38 bits per heavy atom. The molecule has 3 rings (SSSR count). The number of amides is 1. The summed E-state index contributed by atoms with van der Waals surface area (Å²) in [5.41, 5.74) is 8.59. The number of aromatic amines is 1. The van der Waals surface area contributed by atoms with Crippen molar-refractivity contribution in [1.29, 1.82) is 0 Å². The maximum Gasteiger partial charge on any atom is 0.229 e. The summed E-state index contributed by atoms with van der Waals surface area (Å²) in [4.78, 5) is 19.6. The number of benzene rings is 1. The Morgan fingerprint density at radius 3 is 2.81 bits per heavy atom. The first-order valence-corrected chi connectivity index (χ1v) is 6.66. The zero-order valence-corrected chi connectivity index (χ0v) is 13.4. The van der Waals surface area contributed by atoms with Crippen LogP contribution in [0.5, 0.6) is 0 Å². The summed E-state index contributed by atoms with van der Waals surface area (Å²) in [6.45, 7) is 1.91. The molecular weight excluding hydrogens is 311 g/mol. The van der Waals surface area contributed by atoms with Crippen molar-refractivity contribution in [2.75, 3.05) is 5.32 Å². The Morgan fingerprint density at radius 2 is 2.14 bits per heavy atom. The molecule has 116 valence electrons. The molecule has 1 fully saturated rings. The average Bonchev–Trinajstić information content (AvgIpc) is 2.93. The third-order valence-corrected chi connectivity index (χ3v) is 3.77. The van der Waals surface area contributed by atoms with Crippen LogP contribution < -0.4 is 11.1 Å². The fourth-order valence-corrected chi connectivity index (χ4v) is 2.76. The number of carbonyl (C=O) groups is 1. The minimum Gasteiger partial charge on any atom is -0.342 e. The second-order valence-corrected chi connectivity index (χ2v) is 5.24. The van der Waals surface area contributed by atoms with E-state index in [1.807, 2.05) is 25.1 Å². The number of anilines is 1. The summed E-state index contributed by atoms with van der Waals surface area (Å²) in [5, 5.41) is 2.95. The molecule has 0 bridgehead atoms. The zero-order valence-electron chi connectivity index (χ0n) is 11.8. The van der Waals surface area contributed by atoms with Crippen molar-refractivity contribution in [3.8, 4) is 0 Å². The van der Waals surface area contributed by atoms with Crippen molar-refractivity contribution in [3.05, 3.63) is 24.0 Å². The van der Waals surface area contributed by atoms with Crippen LogP contribution in [0.4, 0.5) is 5.69 Å². The molecule has 21 heavy (non-hydrogen) atoms. The molecule has 4 N–H and O–H groups in total. The summed E-state index contributed by atoms with van der Waals surface area (Å²) in [7, 11) is 0. The standard InChI is InChI=1S/C14H18N4O.2ClH/c1-8-16-12-6-5-9(7-13(12)17-8)18-14(19)10-3-2-4-11(10)15;;/h5-7,10-11H,2-4,15H2,1H3,(H,16,17)(H,18,19);2*1H. The SMILES string of the molecule is Cc1nc2ccc(NC(=O)C3CCCC3N)cc2[nH]1.Cl.Cl. The van der Waals surface area contributed by atoms with E-state index in [1.165, 1.54) is 0 Å². The number of hydrogen-bond donors (Lipinski definition) is 3. The van der Waals surface area contributed by atoms with Gasteiger partial charge in [0.1, 0.15) is 5.82 Å². The number of imidazole rings is 1. The second-order valence-electron chi connectivity index (χ2n) is 5.24. The lowest BCUT2D eigenvalue weighted by molar-refractivity contribution is -0.120. The molecule has 0 saturated heterocycles. The van der Waals surface area contributed by atoms with Gasteiger partial charge in [0.15, 0.2) is 0 Å². The summed E-state index contributed by atoms with van der Waals surface area (Å²) in [6, 6.07) is 5.69. The molecular formula is C14H20Cl2N4O. The van der Waals surface area contributed by atoms with Crippen LogP contribution in [0.3, 0.4) is 0 Å². The highest BCUT2D eigenvalue weighted by molar-refractivity contribution is 5.95. The molecule has 1 aromatic heterocycles. The smallest absolute Gasteiger partial charge is 0.229 e. The number of hydrogen-bond acceptors (Lipinski definition) is 3. The van der Waals surface area contributed by atoms with Gasteiger partial charge in [0.05, 0.1) is 17.0 Å². The Kier molecular flexibility index (Phi) is 6.01. The van der Waals surface area contributed by atoms with Gasteiger partial charge >= 0.3 is 0 Å². The van der Waals surface area contributed by atoms with Gasteiger partial charge in [-0.05, 0) is 38.0 Å². The molecule has 0 radical (unpaired) electrons. The zero-order chi connectivity index (χ0) is 13.4. The summed E-state index contributed by atoms with van der Waals surface area (Å²) in [5.74, 6) is 0.844. The van der Waals surface area contributed by atoms with Crippen molar-refractivity contribution >= 4 is 47.4 Å². The van der Waals surface area contributed by atoms with E-state index in [0.29, 0.717) is 0 Å². The molecule has 7 heteroatoms. The molecule has 1 aromatic carbocycles. The molecule has 0 aliphatic heterocycles. The Bertz CT molecular complexity index is 628. The lowest BCUT2D eigenvalue weighted by Crippen LogP contribution is -2.34. The van der Waals surface area contributed by atoms with Crippen LogP contribution in [-0.4, -0.2) is 21.9 Å². The van der Waals surface area contributed by atoms with Crippen molar-refractivity contribution in [2.24, 2.45) is 11.7 Å². The number of nitrogens with zero attached hydrogens (tertiary/aromatic N) is 1. The Balaban J connectivity index is 0.00000110. The Hall–Kier alpha value is -1.30. The van der Waals surface area contributed by atoms with Gasteiger partial charge in [-0.3, -0.25) is 4.79 Å². The van der Waals surface area contributed by atoms with E-state index in [0.717, 1.165) is 41.8 Å². The summed E-state index contributed by atoms with van der Waals surface area (Å²) in [6.07, 6.45) is 2.87. The first kappa shape index (κ1) is 17.8. The van der Waals surface area contributed by atoms with Crippen molar-refractivity contribution in [3.63, 3.8) is 0 Å². The third-order valence-electron chi connectivity index (χ3n) is 3.77. The van der Waals surface area contributed by atoms with Gasteiger partial charge in [-0.15, -0.1) is 24.8 Å². The maximum atomic E-state index is 12.1. The average molecular weight is 331 g/mol. The van der Waals surface area contributed by atoms with Crippen molar-refractivity contribution < 1.29 is 4.79 Å². The highest BCUT2D eigenvalue weighted by Gasteiger charge is 2.30. The molecule has 2 unspecified atom stereocenters. The van der Waals surface area contributed by atoms with Crippen LogP contribution in [-0.2, 0) is 4.79 Å². The minimum atomic E-state index is -0.0563. The van der Waals surface area contributed by atoms with Crippen LogP contribution in [0.1, 0.15) is 25.1 Å². The molecule has 1 aliphatic carbocycles. The van der Waals surface area contributed by atoms with E-state index in [9.17, 15) is 4.79 Å². The topological polar surface area (TPSA) is 83.8 Å². The van der Waals surface area contributed by atoms with Gasteiger partial charge in [0.2, 0.25) is 5.91 Å². The normalized spacial score (nSPS) is 20.7. The minimum absolute atomic E-state index is 0. The highest BCUT2D eigenvalue weighted by atomic mass is 35.5. The molecule has 1 aliphatic rings. The highest BCUT2D eigenvalue weighted by Crippen LogP contribution is 2.26. The number of H-pyrrole nitrogens is 1. The van der Waals surface area contributed by atoms with Crippen LogP contribution in [0.15, 0.2) is 18.2 Å². The van der Waals surface area contributed by atoms with Crippen LogP contribution in [0, 0.1) is 12.8 Å². The van der Waals surface area contributed by atoms with Gasteiger partial charge < -0.3 is 16.0 Å². The largest absolute Gasteiger partial charge is 0.342 e. The number of fused-ring (bicyclic) bond motifs is 1. The molecule has 0 spiro atoms. The van der Waals surface area contributed by atoms with Crippen LogP contribution >= 0.6 is 24.8 Å². The van der Waals surface area contributed by atoms with Gasteiger partial charge in [-0.25, -0.2) is 4.98 Å². The number of rotatable bonds is 2. The van der Waals surface area contributed by atoms with Crippen molar-refractivity contribution in [1.82, 2.24) is 9.97 Å². The quantitative estimate of drug-likeness (QED) is 0.791. The number of nitrogens with one attached hydrogen (secondary N) is 2. The second kappa shape index (κ2) is 7.11. The van der Waals surface area contributed by atoms with Crippen molar-refractivity contribution in [2.45, 2.75) is 32.2 Å². The molecule has 1 amide bonds. The van der Waals surface area contributed by atoms with E-state index in [1.54, 1.807) is 0 Å². The molecule has 1 saturated carbocycles. The fourth-order valence-electron chi connectivity index (χ4n) is 2.76. The lowest BCUT2D eigenvalue weighted by Gasteiger charge is -2.15.